The summed E-state index contributed by atoms with van der Waals surface area (Å²) in [6, 6.07) is 5.88. The number of benzene rings is 1. The number of carbonyl (C=O) groups is 1. The first-order chi connectivity index (χ1) is 7.45. The van der Waals surface area contributed by atoms with Gasteiger partial charge in [-0.25, -0.2) is 8.42 Å². The van der Waals surface area contributed by atoms with Crippen LogP contribution in [0.4, 0.5) is 0 Å². The van der Waals surface area contributed by atoms with Gasteiger partial charge in [-0.2, -0.15) is 0 Å². The summed E-state index contributed by atoms with van der Waals surface area (Å²) in [4.78, 5) is 11.7. The molecule has 16 heavy (non-hydrogen) atoms. The van der Waals surface area contributed by atoms with Gasteiger partial charge in [0.25, 0.3) is 0 Å². The standard InChI is InChI=1S/C12H12O3S/c1-3-4-5-12(13)10-6-8-11(9-7-10)16(2,14)15/h1,6-9H,4-5H2,2H3. The molecule has 0 aliphatic carbocycles. The van der Waals surface area contributed by atoms with Crippen LogP contribution in [-0.2, 0) is 9.84 Å². The minimum Gasteiger partial charge on any atom is -0.294 e. The molecule has 0 aliphatic rings. The molecular formula is C12H12O3S. The first kappa shape index (κ1) is 12.5. The summed E-state index contributed by atoms with van der Waals surface area (Å²) in [5.41, 5.74) is 0.489. The fourth-order valence-corrected chi connectivity index (χ4v) is 1.85. The van der Waals surface area contributed by atoms with Crippen molar-refractivity contribution in [1.82, 2.24) is 0 Å². The maximum atomic E-state index is 11.5. The highest BCUT2D eigenvalue weighted by atomic mass is 32.2. The van der Waals surface area contributed by atoms with Gasteiger partial charge in [-0.3, -0.25) is 4.79 Å². The maximum absolute atomic E-state index is 11.5. The SMILES string of the molecule is C#CCCC(=O)c1ccc(S(C)(=O)=O)cc1. The van der Waals surface area contributed by atoms with E-state index in [0.717, 1.165) is 6.26 Å². The highest BCUT2D eigenvalue weighted by molar-refractivity contribution is 7.90. The van der Waals surface area contributed by atoms with E-state index in [2.05, 4.69) is 5.92 Å². The Morgan fingerprint density at radius 1 is 1.31 bits per heavy atom. The van der Waals surface area contributed by atoms with Gasteiger partial charge in [-0.05, 0) is 12.1 Å². The molecule has 1 rings (SSSR count). The van der Waals surface area contributed by atoms with E-state index in [0.29, 0.717) is 12.0 Å². The molecule has 0 aliphatic heterocycles. The zero-order valence-electron chi connectivity index (χ0n) is 8.93. The summed E-state index contributed by atoms with van der Waals surface area (Å²) in [6.45, 7) is 0. The van der Waals surface area contributed by atoms with Crippen molar-refractivity contribution in [2.45, 2.75) is 17.7 Å². The Balaban J connectivity index is 2.88. The molecule has 0 N–H and O–H groups in total. The maximum Gasteiger partial charge on any atom is 0.175 e. The lowest BCUT2D eigenvalue weighted by Gasteiger charge is -2.01. The van der Waals surface area contributed by atoms with Crippen LogP contribution < -0.4 is 0 Å². The minimum absolute atomic E-state index is 0.0713. The highest BCUT2D eigenvalue weighted by Crippen LogP contribution is 2.12. The van der Waals surface area contributed by atoms with Crippen LogP contribution in [0.3, 0.4) is 0 Å². The summed E-state index contributed by atoms with van der Waals surface area (Å²) in [7, 11) is -3.21. The molecule has 0 unspecified atom stereocenters. The highest BCUT2D eigenvalue weighted by Gasteiger charge is 2.09. The second-order valence-corrected chi connectivity index (χ2v) is 5.44. The second kappa shape index (κ2) is 4.95. The van der Waals surface area contributed by atoms with E-state index < -0.39 is 9.84 Å². The molecule has 0 saturated heterocycles. The van der Waals surface area contributed by atoms with Crippen LogP contribution in [0.2, 0.25) is 0 Å². The Morgan fingerprint density at radius 2 is 1.88 bits per heavy atom. The van der Waals surface area contributed by atoms with Crippen molar-refractivity contribution in [2.24, 2.45) is 0 Å². The molecule has 0 heterocycles. The van der Waals surface area contributed by atoms with Crippen LogP contribution in [0, 0.1) is 12.3 Å². The molecule has 0 atom stereocenters. The summed E-state index contributed by atoms with van der Waals surface area (Å²) in [5, 5.41) is 0. The van der Waals surface area contributed by atoms with Crippen LogP contribution in [0.15, 0.2) is 29.2 Å². The van der Waals surface area contributed by atoms with Gasteiger partial charge in [0.1, 0.15) is 0 Å². The van der Waals surface area contributed by atoms with Crippen molar-refractivity contribution in [2.75, 3.05) is 6.26 Å². The molecule has 4 heteroatoms. The van der Waals surface area contributed by atoms with E-state index in [1.165, 1.54) is 24.3 Å². The number of terminal acetylenes is 1. The Morgan fingerprint density at radius 3 is 2.31 bits per heavy atom. The van der Waals surface area contributed by atoms with E-state index in [-0.39, 0.29) is 17.1 Å². The van der Waals surface area contributed by atoms with Crippen LogP contribution >= 0.6 is 0 Å². The number of hydrogen-bond donors (Lipinski definition) is 0. The van der Waals surface area contributed by atoms with Gasteiger partial charge in [0.05, 0.1) is 4.90 Å². The average Bonchev–Trinajstić information content (AvgIpc) is 2.25. The predicted molar refractivity (Wildman–Crippen MR) is 61.9 cm³/mol. The van der Waals surface area contributed by atoms with E-state index >= 15 is 0 Å². The zero-order valence-corrected chi connectivity index (χ0v) is 9.75. The molecule has 1 aromatic carbocycles. The fraction of sp³-hybridized carbons (Fsp3) is 0.250. The third-order valence-electron chi connectivity index (χ3n) is 2.10. The third kappa shape index (κ3) is 3.21. The molecule has 0 aromatic heterocycles. The summed E-state index contributed by atoms with van der Waals surface area (Å²) in [5.74, 6) is 2.32. The van der Waals surface area contributed by atoms with E-state index in [1.54, 1.807) is 0 Å². The molecule has 0 radical (unpaired) electrons. The third-order valence-corrected chi connectivity index (χ3v) is 3.23. The van der Waals surface area contributed by atoms with E-state index in [4.69, 9.17) is 6.42 Å². The molecule has 0 fully saturated rings. The first-order valence-corrected chi connectivity index (χ1v) is 6.61. The van der Waals surface area contributed by atoms with Gasteiger partial charge in [0.2, 0.25) is 0 Å². The van der Waals surface area contributed by atoms with Crippen molar-refractivity contribution < 1.29 is 13.2 Å². The smallest absolute Gasteiger partial charge is 0.175 e. The molecule has 1 aromatic rings. The Bertz CT molecular complexity index is 518. The topological polar surface area (TPSA) is 51.2 Å². The molecule has 0 bridgehead atoms. The summed E-state index contributed by atoms with van der Waals surface area (Å²) in [6.07, 6.45) is 6.86. The minimum atomic E-state index is -3.21. The van der Waals surface area contributed by atoms with Gasteiger partial charge in [0.15, 0.2) is 15.6 Å². The lowest BCUT2D eigenvalue weighted by Crippen LogP contribution is -2.01. The number of ketones is 1. The first-order valence-electron chi connectivity index (χ1n) is 4.72. The zero-order chi connectivity index (χ0) is 12.2. The normalized spacial score (nSPS) is 10.8. The number of sulfone groups is 1. The number of rotatable bonds is 4. The molecule has 0 amide bonds. The number of carbonyl (C=O) groups excluding carboxylic acids is 1. The lowest BCUT2D eigenvalue weighted by atomic mass is 10.1. The molecular weight excluding hydrogens is 224 g/mol. The van der Waals surface area contributed by atoms with Crippen LogP contribution in [0.5, 0.6) is 0 Å². The fourth-order valence-electron chi connectivity index (χ4n) is 1.22. The molecule has 0 spiro atoms. The molecule has 84 valence electrons. The monoisotopic (exact) mass is 236 g/mol. The van der Waals surface area contributed by atoms with Gasteiger partial charge >= 0.3 is 0 Å². The Kier molecular flexibility index (Phi) is 3.86. The second-order valence-electron chi connectivity index (χ2n) is 3.42. The number of Topliss-reactive ketones (excluding diaryl/α,β-unsaturated/α-hetero) is 1. The van der Waals surface area contributed by atoms with Gasteiger partial charge < -0.3 is 0 Å². The summed E-state index contributed by atoms with van der Waals surface area (Å²) >= 11 is 0. The van der Waals surface area contributed by atoms with Gasteiger partial charge in [-0.1, -0.05) is 12.1 Å². The van der Waals surface area contributed by atoms with Crippen molar-refractivity contribution in [3.8, 4) is 12.3 Å². The van der Waals surface area contributed by atoms with Gasteiger partial charge in [-0.15, -0.1) is 12.3 Å². The van der Waals surface area contributed by atoms with E-state index in [9.17, 15) is 13.2 Å². The lowest BCUT2D eigenvalue weighted by molar-refractivity contribution is 0.0984. The van der Waals surface area contributed by atoms with Gasteiger partial charge in [0, 0.05) is 24.7 Å². The van der Waals surface area contributed by atoms with Crippen LogP contribution in [-0.4, -0.2) is 20.5 Å². The summed E-state index contributed by atoms with van der Waals surface area (Å²) < 4.78 is 22.3. The largest absolute Gasteiger partial charge is 0.294 e. The average molecular weight is 236 g/mol. The van der Waals surface area contributed by atoms with Crippen LogP contribution in [0.1, 0.15) is 23.2 Å². The van der Waals surface area contributed by atoms with Crippen molar-refractivity contribution in [3.05, 3.63) is 29.8 Å². The molecule has 3 nitrogen and oxygen atoms in total. The predicted octanol–water partition coefficient (Wildman–Crippen LogP) is 1.69. The number of hydrogen-bond acceptors (Lipinski definition) is 3. The Labute approximate surface area is 95.4 Å². The quantitative estimate of drug-likeness (QED) is 0.590. The van der Waals surface area contributed by atoms with Crippen molar-refractivity contribution in [3.63, 3.8) is 0 Å². The van der Waals surface area contributed by atoms with Crippen molar-refractivity contribution in [1.29, 1.82) is 0 Å². The Hall–Kier alpha value is -1.60. The van der Waals surface area contributed by atoms with E-state index in [1.807, 2.05) is 0 Å². The van der Waals surface area contributed by atoms with Crippen molar-refractivity contribution >= 4 is 15.6 Å². The molecule has 0 saturated carbocycles. The van der Waals surface area contributed by atoms with Crippen LogP contribution in [0.25, 0.3) is 0 Å².